The first-order valence-electron chi connectivity index (χ1n) is 6.15. The summed E-state index contributed by atoms with van der Waals surface area (Å²) in [4.78, 5) is 13.8. The number of aromatic nitrogens is 2. The second kappa shape index (κ2) is 6.10. The molecule has 0 saturated carbocycles. The van der Waals surface area contributed by atoms with E-state index in [1.165, 1.54) is 11.3 Å². The van der Waals surface area contributed by atoms with E-state index in [9.17, 15) is 4.79 Å². The smallest absolute Gasteiger partial charge is 0.284 e. The van der Waals surface area contributed by atoms with Crippen LogP contribution in [0, 0.1) is 0 Å². The molecule has 1 N–H and O–H groups in total. The van der Waals surface area contributed by atoms with Crippen LogP contribution in [0.3, 0.4) is 0 Å². The standard InChI is InChI=1S/C11H18N4O2S/c1-3-12-11-14-13-9(18-11)10(16)15(2)7-8-5-4-6-17-8/h8H,3-7H2,1-2H3,(H,12,14). The lowest BCUT2D eigenvalue weighted by Crippen LogP contribution is -2.34. The highest BCUT2D eigenvalue weighted by molar-refractivity contribution is 7.17. The predicted octanol–water partition coefficient (Wildman–Crippen LogP) is 1.22. The first-order valence-corrected chi connectivity index (χ1v) is 6.96. The van der Waals surface area contributed by atoms with Crippen LogP contribution in [0.15, 0.2) is 0 Å². The van der Waals surface area contributed by atoms with E-state index in [-0.39, 0.29) is 12.0 Å². The van der Waals surface area contributed by atoms with Gasteiger partial charge in [0.2, 0.25) is 10.1 Å². The number of anilines is 1. The maximum Gasteiger partial charge on any atom is 0.284 e. The normalized spacial score (nSPS) is 18.9. The Morgan fingerprint density at radius 2 is 2.44 bits per heavy atom. The van der Waals surface area contributed by atoms with Gasteiger partial charge in [-0.05, 0) is 19.8 Å². The largest absolute Gasteiger partial charge is 0.376 e. The molecule has 1 fully saturated rings. The van der Waals surface area contributed by atoms with Crippen molar-refractivity contribution in [2.45, 2.75) is 25.9 Å². The van der Waals surface area contributed by atoms with Crippen molar-refractivity contribution < 1.29 is 9.53 Å². The lowest BCUT2D eigenvalue weighted by Gasteiger charge is -2.19. The summed E-state index contributed by atoms with van der Waals surface area (Å²) < 4.78 is 5.51. The third-order valence-electron chi connectivity index (χ3n) is 2.78. The fourth-order valence-electron chi connectivity index (χ4n) is 1.87. The molecule has 1 saturated heterocycles. The number of likely N-dealkylation sites (N-methyl/N-ethyl adjacent to an activating group) is 1. The third kappa shape index (κ3) is 3.17. The van der Waals surface area contributed by atoms with Crippen LogP contribution in [-0.2, 0) is 4.74 Å². The predicted molar refractivity (Wildman–Crippen MR) is 70.0 cm³/mol. The molecule has 2 rings (SSSR count). The highest BCUT2D eigenvalue weighted by atomic mass is 32.1. The van der Waals surface area contributed by atoms with Crippen LogP contribution >= 0.6 is 11.3 Å². The number of carbonyl (C=O) groups is 1. The molecule has 1 atom stereocenters. The van der Waals surface area contributed by atoms with Crippen molar-refractivity contribution >= 4 is 22.4 Å². The zero-order chi connectivity index (χ0) is 13.0. The van der Waals surface area contributed by atoms with Crippen LogP contribution in [0.5, 0.6) is 0 Å². The molecule has 1 aromatic rings. The van der Waals surface area contributed by atoms with E-state index in [0.29, 0.717) is 16.7 Å². The first kappa shape index (κ1) is 13.2. The van der Waals surface area contributed by atoms with Gasteiger partial charge >= 0.3 is 0 Å². The number of carbonyl (C=O) groups excluding carboxylic acids is 1. The Balaban J connectivity index is 1.91. The minimum absolute atomic E-state index is 0.0906. The van der Waals surface area contributed by atoms with Crippen LogP contribution in [0.4, 0.5) is 5.13 Å². The minimum Gasteiger partial charge on any atom is -0.376 e. The maximum absolute atomic E-state index is 12.1. The molecule has 100 valence electrons. The number of ether oxygens (including phenoxy) is 1. The molecule has 1 aromatic heterocycles. The van der Waals surface area contributed by atoms with Gasteiger partial charge < -0.3 is 15.0 Å². The van der Waals surface area contributed by atoms with Gasteiger partial charge in [0.05, 0.1) is 6.10 Å². The molecule has 1 amide bonds. The van der Waals surface area contributed by atoms with Gasteiger partial charge in [0, 0.05) is 26.7 Å². The quantitative estimate of drug-likeness (QED) is 0.871. The van der Waals surface area contributed by atoms with Crippen LogP contribution < -0.4 is 5.32 Å². The molecule has 0 bridgehead atoms. The molecule has 0 aromatic carbocycles. The van der Waals surface area contributed by atoms with Crippen molar-refractivity contribution in [2.24, 2.45) is 0 Å². The van der Waals surface area contributed by atoms with E-state index in [1.54, 1.807) is 11.9 Å². The average molecular weight is 270 g/mol. The van der Waals surface area contributed by atoms with E-state index in [1.807, 2.05) is 6.92 Å². The van der Waals surface area contributed by atoms with E-state index in [0.717, 1.165) is 26.0 Å². The Morgan fingerprint density at radius 1 is 1.61 bits per heavy atom. The highest BCUT2D eigenvalue weighted by Crippen LogP contribution is 2.18. The fraction of sp³-hybridized carbons (Fsp3) is 0.727. The molecule has 18 heavy (non-hydrogen) atoms. The summed E-state index contributed by atoms with van der Waals surface area (Å²) in [6.07, 6.45) is 2.27. The second-order valence-electron chi connectivity index (χ2n) is 4.26. The molecular formula is C11H18N4O2S. The Morgan fingerprint density at radius 3 is 3.11 bits per heavy atom. The molecule has 1 aliphatic heterocycles. The Labute approximate surface area is 110 Å². The highest BCUT2D eigenvalue weighted by Gasteiger charge is 2.22. The number of rotatable bonds is 5. The van der Waals surface area contributed by atoms with E-state index in [2.05, 4.69) is 15.5 Å². The SMILES string of the molecule is CCNc1nnc(C(=O)N(C)CC2CCCO2)s1. The van der Waals surface area contributed by atoms with Crippen LogP contribution in [0.25, 0.3) is 0 Å². The van der Waals surface area contributed by atoms with Crippen LogP contribution in [-0.4, -0.2) is 53.9 Å². The Hall–Kier alpha value is -1.21. The average Bonchev–Trinajstić information content (AvgIpc) is 3.00. The molecule has 1 unspecified atom stereocenters. The summed E-state index contributed by atoms with van der Waals surface area (Å²) in [5.74, 6) is -0.0906. The van der Waals surface area contributed by atoms with Crippen molar-refractivity contribution in [3.8, 4) is 0 Å². The lowest BCUT2D eigenvalue weighted by atomic mass is 10.2. The summed E-state index contributed by atoms with van der Waals surface area (Å²) in [5.41, 5.74) is 0. The lowest BCUT2D eigenvalue weighted by molar-refractivity contribution is 0.0586. The summed E-state index contributed by atoms with van der Waals surface area (Å²) >= 11 is 1.29. The summed E-state index contributed by atoms with van der Waals surface area (Å²) in [6.45, 7) is 4.17. The zero-order valence-corrected chi connectivity index (χ0v) is 11.5. The Kier molecular flexibility index (Phi) is 4.48. The van der Waals surface area contributed by atoms with Crippen molar-refractivity contribution in [2.75, 3.05) is 32.1 Å². The van der Waals surface area contributed by atoms with Crippen molar-refractivity contribution in [3.63, 3.8) is 0 Å². The summed E-state index contributed by atoms with van der Waals surface area (Å²) in [7, 11) is 1.78. The van der Waals surface area contributed by atoms with Gasteiger partial charge in [-0.2, -0.15) is 0 Å². The maximum atomic E-state index is 12.1. The molecular weight excluding hydrogens is 252 g/mol. The van der Waals surface area contributed by atoms with E-state index < -0.39 is 0 Å². The second-order valence-corrected chi connectivity index (χ2v) is 5.24. The van der Waals surface area contributed by atoms with Crippen molar-refractivity contribution in [1.82, 2.24) is 15.1 Å². The van der Waals surface area contributed by atoms with Gasteiger partial charge in [0.25, 0.3) is 5.91 Å². The van der Waals surface area contributed by atoms with Crippen molar-refractivity contribution in [3.05, 3.63) is 5.01 Å². The summed E-state index contributed by atoms with van der Waals surface area (Å²) in [6, 6.07) is 0. The van der Waals surface area contributed by atoms with E-state index in [4.69, 9.17) is 4.74 Å². The first-order chi connectivity index (χ1) is 8.70. The number of hydrogen-bond acceptors (Lipinski definition) is 6. The third-order valence-corrected chi connectivity index (χ3v) is 3.65. The molecule has 6 nitrogen and oxygen atoms in total. The topological polar surface area (TPSA) is 67.4 Å². The van der Waals surface area contributed by atoms with Gasteiger partial charge in [-0.15, -0.1) is 10.2 Å². The molecule has 7 heteroatoms. The van der Waals surface area contributed by atoms with E-state index >= 15 is 0 Å². The van der Waals surface area contributed by atoms with Gasteiger partial charge in [0.15, 0.2) is 0 Å². The Bertz CT molecular complexity index is 404. The van der Waals surface area contributed by atoms with Crippen LogP contribution in [0.2, 0.25) is 0 Å². The number of hydrogen-bond donors (Lipinski definition) is 1. The monoisotopic (exact) mass is 270 g/mol. The number of nitrogens with zero attached hydrogens (tertiary/aromatic N) is 3. The van der Waals surface area contributed by atoms with Gasteiger partial charge in [0.1, 0.15) is 0 Å². The van der Waals surface area contributed by atoms with Crippen molar-refractivity contribution in [1.29, 1.82) is 0 Å². The molecule has 0 radical (unpaired) electrons. The molecule has 2 heterocycles. The van der Waals surface area contributed by atoms with Gasteiger partial charge in [-0.1, -0.05) is 11.3 Å². The number of nitrogens with one attached hydrogen (secondary N) is 1. The van der Waals surface area contributed by atoms with Gasteiger partial charge in [-0.3, -0.25) is 4.79 Å². The zero-order valence-electron chi connectivity index (χ0n) is 10.7. The molecule has 0 aliphatic carbocycles. The molecule has 0 spiro atoms. The molecule has 1 aliphatic rings. The van der Waals surface area contributed by atoms with Crippen LogP contribution in [0.1, 0.15) is 29.6 Å². The summed E-state index contributed by atoms with van der Waals surface area (Å²) in [5, 5.41) is 12.0. The minimum atomic E-state index is -0.0906. The van der Waals surface area contributed by atoms with Gasteiger partial charge in [-0.25, -0.2) is 0 Å². The fourth-order valence-corrected chi connectivity index (χ4v) is 2.68. The number of amides is 1.